The highest BCUT2D eigenvalue weighted by Gasteiger charge is 2.17. The van der Waals surface area contributed by atoms with Crippen LogP contribution in [-0.4, -0.2) is 24.8 Å². The van der Waals surface area contributed by atoms with Gasteiger partial charge in [0.05, 0.1) is 39.4 Å². The summed E-state index contributed by atoms with van der Waals surface area (Å²) in [4.78, 5) is 20.0. The quantitative estimate of drug-likeness (QED) is 0.480. The van der Waals surface area contributed by atoms with Crippen LogP contribution in [0, 0.1) is 20.2 Å². The highest BCUT2D eigenvalue weighted by Crippen LogP contribution is 2.24. The molecule has 0 aliphatic rings. The van der Waals surface area contributed by atoms with Crippen molar-refractivity contribution in [3.05, 3.63) is 50.3 Å². The van der Waals surface area contributed by atoms with Gasteiger partial charge in [0.2, 0.25) is 0 Å². The summed E-state index contributed by atoms with van der Waals surface area (Å²) in [6.45, 7) is 0. The summed E-state index contributed by atoms with van der Waals surface area (Å²) < 4.78 is 1.19. The Bertz CT molecular complexity index is 624. The lowest BCUT2D eigenvalue weighted by molar-refractivity contribution is -0.394. The molecule has 0 atom stereocenters. The first-order valence-electron chi connectivity index (χ1n) is 4.92. The van der Waals surface area contributed by atoms with Gasteiger partial charge in [-0.15, -0.1) is 16.7 Å². The van der Waals surface area contributed by atoms with E-state index in [0.717, 1.165) is 6.07 Å². The molecule has 9 nitrogen and oxygen atoms in total. The number of hydrogen-bond donors (Lipinski definition) is 0. The van der Waals surface area contributed by atoms with Crippen LogP contribution in [-0.2, 0) is 5.88 Å². The molecular formula is C9H6ClN5O4. The first-order chi connectivity index (χ1) is 9.01. The smallest absolute Gasteiger partial charge is 0.258 e. The predicted octanol–water partition coefficient (Wildman–Crippen LogP) is 1.82. The minimum absolute atomic E-state index is 0.122. The van der Waals surface area contributed by atoms with E-state index in [4.69, 9.17) is 11.6 Å². The molecule has 0 amide bonds. The Balaban J connectivity index is 2.55. The van der Waals surface area contributed by atoms with Crippen molar-refractivity contribution in [2.75, 3.05) is 0 Å². The largest absolute Gasteiger partial charge is 0.278 e. The van der Waals surface area contributed by atoms with Gasteiger partial charge in [-0.2, -0.15) is 0 Å². The molecule has 0 spiro atoms. The number of benzene rings is 1. The highest BCUT2D eigenvalue weighted by molar-refractivity contribution is 6.16. The summed E-state index contributed by atoms with van der Waals surface area (Å²) in [7, 11) is 0. The van der Waals surface area contributed by atoms with Gasteiger partial charge in [-0.1, -0.05) is 5.21 Å². The van der Waals surface area contributed by atoms with E-state index in [-0.39, 0.29) is 11.6 Å². The van der Waals surface area contributed by atoms with Gasteiger partial charge in [0, 0.05) is 12.1 Å². The van der Waals surface area contributed by atoms with E-state index in [1.165, 1.54) is 23.0 Å². The van der Waals surface area contributed by atoms with Crippen LogP contribution in [0.2, 0.25) is 0 Å². The molecule has 2 aromatic rings. The SMILES string of the molecule is O=[N+]([O-])c1cc(-n2cc(CCl)nn2)cc([N+](=O)[O-])c1. The number of rotatable bonds is 4. The minimum atomic E-state index is -0.712. The fourth-order valence-electron chi connectivity index (χ4n) is 1.41. The fraction of sp³-hybridized carbons (Fsp3) is 0.111. The summed E-state index contributed by atoms with van der Waals surface area (Å²) >= 11 is 5.56. The molecular weight excluding hydrogens is 278 g/mol. The second kappa shape index (κ2) is 4.98. The van der Waals surface area contributed by atoms with Crippen LogP contribution >= 0.6 is 11.6 Å². The maximum Gasteiger partial charge on any atom is 0.278 e. The first-order valence-corrected chi connectivity index (χ1v) is 5.46. The van der Waals surface area contributed by atoms with E-state index >= 15 is 0 Å². The normalized spacial score (nSPS) is 10.4. The molecule has 0 saturated heterocycles. The van der Waals surface area contributed by atoms with Crippen LogP contribution in [0.4, 0.5) is 11.4 Å². The molecule has 0 N–H and O–H groups in total. The number of halogens is 1. The van der Waals surface area contributed by atoms with Gasteiger partial charge in [-0.05, 0) is 0 Å². The topological polar surface area (TPSA) is 117 Å². The molecule has 1 aromatic carbocycles. The molecule has 0 aliphatic heterocycles. The van der Waals surface area contributed by atoms with Crippen LogP contribution in [0.15, 0.2) is 24.4 Å². The van der Waals surface area contributed by atoms with Crippen LogP contribution < -0.4 is 0 Å². The Morgan fingerprint density at radius 2 is 1.74 bits per heavy atom. The van der Waals surface area contributed by atoms with Gasteiger partial charge in [0.15, 0.2) is 0 Å². The second-order valence-corrected chi connectivity index (χ2v) is 3.78. The number of non-ortho nitro benzene ring substituents is 2. The third-order valence-corrected chi connectivity index (χ3v) is 2.53. The van der Waals surface area contributed by atoms with Crippen molar-refractivity contribution in [3.63, 3.8) is 0 Å². The summed E-state index contributed by atoms with van der Waals surface area (Å²) in [5, 5.41) is 28.9. The highest BCUT2D eigenvalue weighted by atomic mass is 35.5. The number of nitro benzene ring substituents is 2. The number of alkyl halides is 1. The Kier molecular flexibility index (Phi) is 3.38. The molecule has 1 aromatic heterocycles. The minimum Gasteiger partial charge on any atom is -0.258 e. The summed E-state index contributed by atoms with van der Waals surface area (Å²) in [5.74, 6) is 0.122. The van der Waals surface area contributed by atoms with Crippen molar-refractivity contribution in [1.82, 2.24) is 15.0 Å². The standard InChI is InChI=1S/C9H6ClN5O4/c10-4-6-5-13(12-11-6)7-1-8(14(16)17)3-9(2-7)15(18)19/h1-3,5H,4H2. The van der Waals surface area contributed by atoms with E-state index < -0.39 is 21.2 Å². The van der Waals surface area contributed by atoms with Gasteiger partial charge in [-0.25, -0.2) is 4.68 Å². The molecule has 0 fully saturated rings. The van der Waals surface area contributed by atoms with Gasteiger partial charge in [0.25, 0.3) is 11.4 Å². The maximum atomic E-state index is 10.7. The molecule has 19 heavy (non-hydrogen) atoms. The summed E-state index contributed by atoms with van der Waals surface area (Å²) in [5.41, 5.74) is -0.167. The van der Waals surface area contributed by atoms with Crippen molar-refractivity contribution in [1.29, 1.82) is 0 Å². The lowest BCUT2D eigenvalue weighted by Crippen LogP contribution is -1.99. The fourth-order valence-corrected chi connectivity index (χ4v) is 1.53. The van der Waals surface area contributed by atoms with E-state index in [9.17, 15) is 20.2 Å². The summed E-state index contributed by atoms with van der Waals surface area (Å²) in [6, 6.07) is 3.21. The Hall–Kier alpha value is -2.55. The van der Waals surface area contributed by atoms with Crippen molar-refractivity contribution >= 4 is 23.0 Å². The van der Waals surface area contributed by atoms with Crippen LogP contribution in [0.3, 0.4) is 0 Å². The van der Waals surface area contributed by atoms with Gasteiger partial charge in [0.1, 0.15) is 0 Å². The third-order valence-electron chi connectivity index (χ3n) is 2.25. The van der Waals surface area contributed by atoms with E-state index in [2.05, 4.69) is 10.3 Å². The molecule has 1 heterocycles. The monoisotopic (exact) mass is 283 g/mol. The molecule has 0 aliphatic carbocycles. The van der Waals surface area contributed by atoms with Gasteiger partial charge >= 0.3 is 0 Å². The van der Waals surface area contributed by atoms with Crippen LogP contribution in [0.25, 0.3) is 5.69 Å². The zero-order chi connectivity index (χ0) is 14.0. The molecule has 2 rings (SSSR count). The zero-order valence-corrected chi connectivity index (χ0v) is 10.0. The molecule has 0 bridgehead atoms. The van der Waals surface area contributed by atoms with Gasteiger partial charge < -0.3 is 0 Å². The number of hydrogen-bond acceptors (Lipinski definition) is 6. The van der Waals surface area contributed by atoms with Crippen molar-refractivity contribution in [3.8, 4) is 5.69 Å². The molecule has 0 radical (unpaired) electrons. The second-order valence-electron chi connectivity index (χ2n) is 3.51. The third kappa shape index (κ3) is 2.65. The average molecular weight is 284 g/mol. The molecule has 0 unspecified atom stereocenters. The zero-order valence-electron chi connectivity index (χ0n) is 9.26. The van der Waals surface area contributed by atoms with E-state index in [1.54, 1.807) is 0 Å². The van der Waals surface area contributed by atoms with Crippen molar-refractivity contribution in [2.45, 2.75) is 5.88 Å². The van der Waals surface area contributed by atoms with E-state index in [1.807, 2.05) is 0 Å². The molecule has 98 valence electrons. The van der Waals surface area contributed by atoms with Crippen molar-refractivity contribution in [2.24, 2.45) is 0 Å². The number of nitrogens with zero attached hydrogens (tertiary/aromatic N) is 5. The average Bonchev–Trinajstić information content (AvgIpc) is 2.86. The molecule has 10 heteroatoms. The lowest BCUT2D eigenvalue weighted by atomic mass is 10.2. The Morgan fingerprint density at radius 3 is 2.16 bits per heavy atom. The number of nitro groups is 2. The lowest BCUT2D eigenvalue weighted by Gasteiger charge is -2.00. The van der Waals surface area contributed by atoms with Crippen LogP contribution in [0.1, 0.15) is 5.69 Å². The van der Waals surface area contributed by atoms with Crippen LogP contribution in [0.5, 0.6) is 0 Å². The Labute approximate surface area is 110 Å². The Morgan fingerprint density at radius 1 is 1.16 bits per heavy atom. The van der Waals surface area contributed by atoms with E-state index in [0.29, 0.717) is 5.69 Å². The van der Waals surface area contributed by atoms with Crippen molar-refractivity contribution < 1.29 is 9.85 Å². The summed E-state index contributed by atoms with van der Waals surface area (Å²) in [6.07, 6.45) is 1.44. The first kappa shape index (κ1) is 12.9. The number of aromatic nitrogens is 3. The predicted molar refractivity (Wildman–Crippen MR) is 64.2 cm³/mol. The molecule has 0 saturated carbocycles. The van der Waals surface area contributed by atoms with Gasteiger partial charge in [-0.3, -0.25) is 20.2 Å². The maximum absolute atomic E-state index is 10.7.